The highest BCUT2D eigenvalue weighted by atomic mass is 16.5. The van der Waals surface area contributed by atoms with Crippen molar-refractivity contribution in [3.8, 4) is 11.5 Å². The topological polar surface area (TPSA) is 96.9 Å². The van der Waals surface area contributed by atoms with Gasteiger partial charge in [-0.05, 0) is 24.1 Å². The summed E-state index contributed by atoms with van der Waals surface area (Å²) in [6, 6.07) is 5.03. The van der Waals surface area contributed by atoms with Gasteiger partial charge in [0.15, 0.2) is 11.5 Å². The number of amides is 2. The smallest absolute Gasteiger partial charge is 0.315 e. The highest BCUT2D eigenvalue weighted by Crippen LogP contribution is 2.27. The molecule has 0 atom stereocenters. The number of methoxy groups -OCH3 is 2. The summed E-state index contributed by atoms with van der Waals surface area (Å²) in [4.78, 5) is 21.8. The van der Waals surface area contributed by atoms with Crippen LogP contribution in [0.5, 0.6) is 11.5 Å². The minimum absolute atomic E-state index is 0.0377. The lowest BCUT2D eigenvalue weighted by atomic mass is 10.2. The fourth-order valence-electron chi connectivity index (χ4n) is 1.68. The largest absolute Gasteiger partial charge is 0.493 e. The molecule has 0 saturated carbocycles. The van der Waals surface area contributed by atoms with Gasteiger partial charge in [-0.25, -0.2) is 4.79 Å². The van der Waals surface area contributed by atoms with Crippen molar-refractivity contribution in [3.05, 3.63) is 23.8 Å². The van der Waals surface area contributed by atoms with Gasteiger partial charge in [0, 0.05) is 19.5 Å². The van der Waals surface area contributed by atoms with E-state index in [1.807, 2.05) is 6.07 Å². The molecule has 7 nitrogen and oxygen atoms in total. The van der Waals surface area contributed by atoms with E-state index in [1.54, 1.807) is 26.4 Å². The van der Waals surface area contributed by atoms with Gasteiger partial charge in [-0.3, -0.25) is 4.79 Å². The van der Waals surface area contributed by atoms with Gasteiger partial charge in [0.2, 0.25) is 0 Å². The lowest BCUT2D eigenvalue weighted by Crippen LogP contribution is -2.35. The van der Waals surface area contributed by atoms with Crippen LogP contribution in [0, 0.1) is 0 Å². The number of carbonyl (C=O) groups is 2. The average Bonchev–Trinajstić information content (AvgIpc) is 2.48. The molecule has 0 aliphatic rings. The van der Waals surface area contributed by atoms with E-state index < -0.39 is 5.97 Å². The molecule has 0 aliphatic heterocycles. The molecule has 3 N–H and O–H groups in total. The Morgan fingerprint density at radius 2 is 1.86 bits per heavy atom. The fraction of sp³-hybridized carbons (Fsp3) is 0.429. The number of carboxylic acid groups (broad SMARTS) is 1. The van der Waals surface area contributed by atoms with Crippen LogP contribution in [0.3, 0.4) is 0 Å². The van der Waals surface area contributed by atoms with E-state index in [9.17, 15) is 9.59 Å². The predicted octanol–water partition coefficient (Wildman–Crippen LogP) is 1.37. The number of carbonyl (C=O) groups excluding carboxylic acids is 1. The summed E-state index contributed by atoms with van der Waals surface area (Å²) in [6.07, 6.45) is 0.440. The van der Waals surface area contributed by atoms with Crippen LogP contribution in [0.4, 0.5) is 4.79 Å². The number of aliphatic carboxylic acids is 1. The SMILES string of the molecule is COc1ccc(CNC(=O)NCCCC(=O)O)cc1OC. The van der Waals surface area contributed by atoms with Crippen molar-refractivity contribution in [3.63, 3.8) is 0 Å². The molecule has 7 heteroatoms. The van der Waals surface area contributed by atoms with E-state index in [0.29, 0.717) is 31.0 Å². The zero-order valence-corrected chi connectivity index (χ0v) is 12.1. The molecule has 0 fully saturated rings. The van der Waals surface area contributed by atoms with Crippen molar-refractivity contribution in [2.24, 2.45) is 0 Å². The van der Waals surface area contributed by atoms with Crippen molar-refractivity contribution in [2.45, 2.75) is 19.4 Å². The van der Waals surface area contributed by atoms with E-state index in [4.69, 9.17) is 14.6 Å². The van der Waals surface area contributed by atoms with E-state index in [1.165, 1.54) is 0 Å². The number of hydrogen-bond acceptors (Lipinski definition) is 4. The van der Waals surface area contributed by atoms with E-state index in [2.05, 4.69) is 10.6 Å². The number of urea groups is 1. The van der Waals surface area contributed by atoms with Crippen LogP contribution in [0.1, 0.15) is 18.4 Å². The quantitative estimate of drug-likeness (QED) is 0.629. The molecule has 2 amide bonds. The Kier molecular flexibility index (Phi) is 6.86. The van der Waals surface area contributed by atoms with Gasteiger partial charge in [-0.15, -0.1) is 0 Å². The summed E-state index contributed by atoms with van der Waals surface area (Å²) in [6.45, 7) is 0.662. The van der Waals surface area contributed by atoms with Crippen LogP contribution in [0.15, 0.2) is 18.2 Å². The molecule has 1 rings (SSSR count). The van der Waals surface area contributed by atoms with Crippen LogP contribution in [-0.4, -0.2) is 37.9 Å². The Labute approximate surface area is 123 Å². The molecule has 0 aliphatic carbocycles. The van der Waals surface area contributed by atoms with Gasteiger partial charge in [0.1, 0.15) is 0 Å². The number of benzene rings is 1. The molecular formula is C14H20N2O5. The molecule has 0 radical (unpaired) electrons. The Morgan fingerprint density at radius 1 is 1.14 bits per heavy atom. The molecule has 0 bridgehead atoms. The zero-order chi connectivity index (χ0) is 15.7. The molecule has 21 heavy (non-hydrogen) atoms. The normalized spacial score (nSPS) is 9.81. The number of nitrogens with one attached hydrogen (secondary N) is 2. The van der Waals surface area contributed by atoms with Crippen LogP contribution < -0.4 is 20.1 Å². The van der Waals surface area contributed by atoms with Gasteiger partial charge in [-0.2, -0.15) is 0 Å². The first kappa shape index (κ1) is 16.6. The van der Waals surface area contributed by atoms with Crippen molar-refractivity contribution >= 4 is 12.0 Å². The van der Waals surface area contributed by atoms with Gasteiger partial charge in [0.25, 0.3) is 0 Å². The van der Waals surface area contributed by atoms with Crippen molar-refractivity contribution in [1.29, 1.82) is 0 Å². The summed E-state index contributed by atoms with van der Waals surface area (Å²) in [7, 11) is 3.10. The highest BCUT2D eigenvalue weighted by molar-refractivity contribution is 5.74. The van der Waals surface area contributed by atoms with Crippen LogP contribution in [0.2, 0.25) is 0 Å². The lowest BCUT2D eigenvalue weighted by Gasteiger charge is -2.11. The molecule has 1 aromatic carbocycles. The summed E-state index contributed by atoms with van der Waals surface area (Å²) in [5, 5.41) is 13.7. The van der Waals surface area contributed by atoms with Crippen LogP contribution >= 0.6 is 0 Å². The average molecular weight is 296 g/mol. The molecular weight excluding hydrogens is 276 g/mol. The fourth-order valence-corrected chi connectivity index (χ4v) is 1.68. The third-order valence-electron chi connectivity index (χ3n) is 2.75. The second-order valence-corrected chi connectivity index (χ2v) is 4.30. The number of hydrogen-bond donors (Lipinski definition) is 3. The van der Waals surface area contributed by atoms with Gasteiger partial charge in [-0.1, -0.05) is 6.07 Å². The van der Waals surface area contributed by atoms with Crippen molar-refractivity contribution < 1.29 is 24.2 Å². The number of carboxylic acids is 1. The third kappa shape index (κ3) is 6.03. The van der Waals surface area contributed by atoms with Gasteiger partial charge in [0.05, 0.1) is 14.2 Å². The Bertz CT molecular complexity index is 490. The molecule has 0 unspecified atom stereocenters. The minimum atomic E-state index is -0.873. The predicted molar refractivity (Wildman–Crippen MR) is 76.7 cm³/mol. The molecule has 0 saturated heterocycles. The summed E-state index contributed by atoms with van der Waals surface area (Å²) in [5.74, 6) is 0.348. The van der Waals surface area contributed by atoms with Crippen molar-refractivity contribution in [2.75, 3.05) is 20.8 Å². The summed E-state index contributed by atoms with van der Waals surface area (Å²) in [5.41, 5.74) is 0.869. The maximum atomic E-state index is 11.5. The lowest BCUT2D eigenvalue weighted by molar-refractivity contribution is -0.137. The first-order chi connectivity index (χ1) is 10.1. The highest BCUT2D eigenvalue weighted by Gasteiger charge is 2.06. The number of ether oxygens (including phenoxy) is 2. The minimum Gasteiger partial charge on any atom is -0.493 e. The molecule has 1 aromatic rings. The first-order valence-corrected chi connectivity index (χ1v) is 6.51. The molecule has 0 heterocycles. The summed E-state index contributed by atoms with van der Waals surface area (Å²) < 4.78 is 10.3. The van der Waals surface area contributed by atoms with Gasteiger partial charge >= 0.3 is 12.0 Å². The summed E-state index contributed by atoms with van der Waals surface area (Å²) >= 11 is 0. The Balaban J connectivity index is 2.37. The maximum Gasteiger partial charge on any atom is 0.315 e. The monoisotopic (exact) mass is 296 g/mol. The standard InChI is InChI=1S/C14H20N2O5/c1-20-11-6-5-10(8-12(11)21-2)9-16-14(19)15-7-3-4-13(17)18/h5-6,8H,3-4,7,9H2,1-2H3,(H,17,18)(H2,15,16,19). The second-order valence-electron chi connectivity index (χ2n) is 4.30. The number of rotatable bonds is 8. The third-order valence-corrected chi connectivity index (χ3v) is 2.75. The molecule has 0 spiro atoms. The Hall–Kier alpha value is -2.44. The van der Waals surface area contributed by atoms with E-state index in [0.717, 1.165) is 5.56 Å². The molecule has 0 aromatic heterocycles. The molecule has 116 valence electrons. The van der Waals surface area contributed by atoms with Gasteiger partial charge < -0.3 is 25.2 Å². The van der Waals surface area contributed by atoms with E-state index >= 15 is 0 Å². The zero-order valence-electron chi connectivity index (χ0n) is 12.1. The maximum absolute atomic E-state index is 11.5. The van der Waals surface area contributed by atoms with Crippen LogP contribution in [-0.2, 0) is 11.3 Å². The van der Waals surface area contributed by atoms with Crippen LogP contribution in [0.25, 0.3) is 0 Å². The second kappa shape index (κ2) is 8.68. The van der Waals surface area contributed by atoms with Crippen molar-refractivity contribution in [1.82, 2.24) is 10.6 Å². The first-order valence-electron chi connectivity index (χ1n) is 6.51. The van der Waals surface area contributed by atoms with E-state index in [-0.39, 0.29) is 12.5 Å². The Morgan fingerprint density at radius 3 is 2.48 bits per heavy atom.